The van der Waals surface area contributed by atoms with Crippen molar-refractivity contribution in [1.82, 2.24) is 24.9 Å². The second-order valence-corrected chi connectivity index (χ2v) is 6.96. The number of nitrogens with one attached hydrogen (secondary N) is 1. The third-order valence-corrected chi connectivity index (χ3v) is 4.91. The number of amides is 3. The zero-order valence-corrected chi connectivity index (χ0v) is 15.0. The summed E-state index contributed by atoms with van der Waals surface area (Å²) in [7, 11) is 0. The number of aromatic amines is 1. The van der Waals surface area contributed by atoms with E-state index >= 15 is 0 Å². The number of nitrogens with zero attached hydrogens (tertiary/aromatic N) is 4. The summed E-state index contributed by atoms with van der Waals surface area (Å²) in [6.45, 7) is 6.02. The SMILES string of the molecule is CC(C)N1CC(C(=O)N2CCN(C(=O)c3ccc(=O)[nH]n3)CC2)CC1=O. The number of carbonyl (C=O) groups is 3. The summed E-state index contributed by atoms with van der Waals surface area (Å²) < 4.78 is 0. The van der Waals surface area contributed by atoms with E-state index in [4.69, 9.17) is 0 Å². The van der Waals surface area contributed by atoms with Crippen LogP contribution >= 0.6 is 0 Å². The van der Waals surface area contributed by atoms with E-state index in [9.17, 15) is 19.2 Å². The van der Waals surface area contributed by atoms with Crippen molar-refractivity contribution in [2.75, 3.05) is 32.7 Å². The minimum absolute atomic E-state index is 0.0178. The highest BCUT2D eigenvalue weighted by atomic mass is 16.2. The number of likely N-dealkylation sites (tertiary alicyclic amines) is 1. The van der Waals surface area contributed by atoms with Gasteiger partial charge < -0.3 is 14.7 Å². The van der Waals surface area contributed by atoms with E-state index in [1.807, 2.05) is 13.8 Å². The Kier molecular flexibility index (Phi) is 5.06. The Bertz CT molecular complexity index is 746. The Morgan fingerprint density at radius 1 is 1.12 bits per heavy atom. The van der Waals surface area contributed by atoms with Crippen molar-refractivity contribution < 1.29 is 14.4 Å². The van der Waals surface area contributed by atoms with Crippen LogP contribution in [0.15, 0.2) is 16.9 Å². The van der Waals surface area contributed by atoms with Gasteiger partial charge in [0.25, 0.3) is 11.5 Å². The number of rotatable bonds is 3. The first-order valence-corrected chi connectivity index (χ1v) is 8.80. The topological polar surface area (TPSA) is 107 Å². The lowest BCUT2D eigenvalue weighted by Crippen LogP contribution is -2.52. The van der Waals surface area contributed by atoms with Crippen molar-refractivity contribution in [2.45, 2.75) is 26.3 Å². The zero-order chi connectivity index (χ0) is 18.8. The van der Waals surface area contributed by atoms with Crippen molar-refractivity contribution in [3.8, 4) is 0 Å². The van der Waals surface area contributed by atoms with Gasteiger partial charge in [-0.3, -0.25) is 19.2 Å². The summed E-state index contributed by atoms with van der Waals surface area (Å²) in [5.74, 6) is -0.560. The van der Waals surface area contributed by atoms with Crippen LogP contribution in [-0.4, -0.2) is 81.4 Å². The Morgan fingerprint density at radius 3 is 2.31 bits per heavy atom. The summed E-state index contributed by atoms with van der Waals surface area (Å²) >= 11 is 0. The first-order chi connectivity index (χ1) is 12.4. The predicted octanol–water partition coefficient (Wildman–Crippen LogP) is -0.689. The molecule has 1 unspecified atom stereocenters. The number of H-pyrrole nitrogens is 1. The molecule has 3 amide bonds. The van der Waals surface area contributed by atoms with Gasteiger partial charge >= 0.3 is 0 Å². The summed E-state index contributed by atoms with van der Waals surface area (Å²) in [5, 5.41) is 6.00. The van der Waals surface area contributed by atoms with Crippen molar-refractivity contribution in [1.29, 1.82) is 0 Å². The van der Waals surface area contributed by atoms with E-state index in [0.29, 0.717) is 32.7 Å². The molecular weight excluding hydrogens is 338 g/mol. The van der Waals surface area contributed by atoms with Crippen LogP contribution in [0.25, 0.3) is 0 Å². The van der Waals surface area contributed by atoms with Crippen molar-refractivity contribution in [3.63, 3.8) is 0 Å². The lowest BCUT2D eigenvalue weighted by molar-refractivity contribution is -0.137. The Balaban J connectivity index is 1.56. The lowest BCUT2D eigenvalue weighted by Gasteiger charge is -2.35. The highest BCUT2D eigenvalue weighted by Crippen LogP contribution is 2.22. The smallest absolute Gasteiger partial charge is 0.274 e. The predicted molar refractivity (Wildman–Crippen MR) is 92.3 cm³/mol. The summed E-state index contributed by atoms with van der Waals surface area (Å²) in [6.07, 6.45) is 0.261. The van der Waals surface area contributed by atoms with E-state index < -0.39 is 0 Å². The van der Waals surface area contributed by atoms with Crippen LogP contribution in [0.1, 0.15) is 30.8 Å². The molecule has 0 saturated carbocycles. The van der Waals surface area contributed by atoms with Crippen LogP contribution in [0.2, 0.25) is 0 Å². The van der Waals surface area contributed by atoms with E-state index in [-0.39, 0.29) is 47.4 Å². The lowest BCUT2D eigenvalue weighted by atomic mass is 10.1. The number of hydrogen-bond donors (Lipinski definition) is 1. The van der Waals surface area contributed by atoms with E-state index in [2.05, 4.69) is 10.2 Å². The second-order valence-electron chi connectivity index (χ2n) is 6.96. The molecule has 140 valence electrons. The molecule has 1 atom stereocenters. The van der Waals surface area contributed by atoms with Gasteiger partial charge in [0, 0.05) is 51.3 Å². The van der Waals surface area contributed by atoms with Gasteiger partial charge in [-0.15, -0.1) is 0 Å². The molecule has 0 bridgehead atoms. The van der Waals surface area contributed by atoms with Gasteiger partial charge in [-0.05, 0) is 19.9 Å². The highest BCUT2D eigenvalue weighted by Gasteiger charge is 2.38. The maximum absolute atomic E-state index is 12.7. The molecule has 1 N–H and O–H groups in total. The quantitative estimate of drug-likeness (QED) is 0.767. The maximum atomic E-state index is 12.7. The van der Waals surface area contributed by atoms with Gasteiger partial charge in [-0.25, -0.2) is 5.10 Å². The fourth-order valence-electron chi connectivity index (χ4n) is 3.41. The van der Waals surface area contributed by atoms with Gasteiger partial charge in [0.15, 0.2) is 0 Å². The van der Waals surface area contributed by atoms with Crippen LogP contribution in [0.3, 0.4) is 0 Å². The maximum Gasteiger partial charge on any atom is 0.274 e. The van der Waals surface area contributed by atoms with Crippen LogP contribution in [0.4, 0.5) is 0 Å². The number of piperazine rings is 1. The molecule has 3 heterocycles. The highest BCUT2D eigenvalue weighted by molar-refractivity contribution is 5.92. The van der Waals surface area contributed by atoms with Gasteiger partial charge in [0.05, 0.1) is 5.92 Å². The standard InChI is InChI=1S/C17H23N5O4/c1-11(2)22-10-12(9-15(22)24)16(25)20-5-7-21(8-6-20)17(26)13-3-4-14(23)19-18-13/h3-4,11-12H,5-10H2,1-2H3,(H,19,23). The Morgan fingerprint density at radius 2 is 1.77 bits per heavy atom. The summed E-state index contributed by atoms with van der Waals surface area (Å²) in [5.41, 5.74) is -0.183. The largest absolute Gasteiger partial charge is 0.339 e. The molecule has 1 aromatic rings. The van der Waals surface area contributed by atoms with E-state index in [0.717, 1.165) is 0 Å². The van der Waals surface area contributed by atoms with E-state index in [1.54, 1.807) is 14.7 Å². The van der Waals surface area contributed by atoms with Gasteiger partial charge in [0.1, 0.15) is 5.69 Å². The van der Waals surface area contributed by atoms with E-state index in [1.165, 1.54) is 12.1 Å². The summed E-state index contributed by atoms with van der Waals surface area (Å²) in [4.78, 5) is 53.2. The Labute approximate surface area is 150 Å². The normalized spacial score (nSPS) is 20.8. The minimum Gasteiger partial charge on any atom is -0.339 e. The third-order valence-electron chi connectivity index (χ3n) is 4.91. The third kappa shape index (κ3) is 3.61. The zero-order valence-electron chi connectivity index (χ0n) is 15.0. The monoisotopic (exact) mass is 361 g/mol. The van der Waals surface area contributed by atoms with Gasteiger partial charge in [-0.1, -0.05) is 0 Å². The number of carbonyl (C=O) groups excluding carboxylic acids is 3. The first-order valence-electron chi connectivity index (χ1n) is 8.80. The fraction of sp³-hybridized carbons (Fsp3) is 0.588. The van der Waals surface area contributed by atoms with Crippen molar-refractivity contribution in [2.24, 2.45) is 5.92 Å². The number of aromatic nitrogens is 2. The molecule has 0 aliphatic carbocycles. The first kappa shape index (κ1) is 18.1. The molecule has 2 fully saturated rings. The molecule has 0 radical (unpaired) electrons. The molecule has 0 aromatic carbocycles. The molecule has 3 rings (SSSR count). The molecular formula is C17H23N5O4. The van der Waals surface area contributed by atoms with Gasteiger partial charge in [-0.2, -0.15) is 5.10 Å². The molecule has 2 saturated heterocycles. The molecule has 0 spiro atoms. The summed E-state index contributed by atoms with van der Waals surface area (Å²) in [6, 6.07) is 2.75. The molecule has 9 nitrogen and oxygen atoms in total. The van der Waals surface area contributed by atoms with Crippen LogP contribution in [-0.2, 0) is 9.59 Å². The van der Waals surface area contributed by atoms with Crippen LogP contribution < -0.4 is 5.56 Å². The number of hydrogen-bond acceptors (Lipinski definition) is 5. The molecule has 9 heteroatoms. The molecule has 2 aliphatic rings. The molecule has 26 heavy (non-hydrogen) atoms. The van der Waals surface area contributed by atoms with Gasteiger partial charge in [0.2, 0.25) is 11.8 Å². The molecule has 2 aliphatic heterocycles. The minimum atomic E-state index is -0.362. The Hall–Kier alpha value is -2.71. The van der Waals surface area contributed by atoms with Crippen molar-refractivity contribution >= 4 is 17.7 Å². The average Bonchev–Trinajstić information content (AvgIpc) is 3.03. The van der Waals surface area contributed by atoms with Crippen LogP contribution in [0.5, 0.6) is 0 Å². The molecule has 1 aromatic heterocycles. The fourth-order valence-corrected chi connectivity index (χ4v) is 3.41. The van der Waals surface area contributed by atoms with Crippen LogP contribution in [0, 0.1) is 5.92 Å². The van der Waals surface area contributed by atoms with Crippen molar-refractivity contribution in [3.05, 3.63) is 28.2 Å². The average molecular weight is 361 g/mol. The second kappa shape index (κ2) is 7.27.